The quantitative estimate of drug-likeness (QED) is 0.646. The molecule has 96 valence electrons. The van der Waals surface area contributed by atoms with Crippen molar-refractivity contribution < 1.29 is 0 Å². The lowest BCUT2D eigenvalue weighted by Crippen LogP contribution is -1.94. The van der Waals surface area contributed by atoms with Crippen molar-refractivity contribution in [1.29, 1.82) is 0 Å². The first-order valence-corrected chi connectivity index (χ1v) is 7.12. The van der Waals surface area contributed by atoms with Crippen LogP contribution >= 0.6 is 27.5 Å². The molecule has 3 aromatic rings. The minimum absolute atomic E-state index is 0.134. The van der Waals surface area contributed by atoms with Gasteiger partial charge in [-0.2, -0.15) is 0 Å². The summed E-state index contributed by atoms with van der Waals surface area (Å²) in [7, 11) is 0. The zero-order valence-corrected chi connectivity index (χ0v) is 12.6. The molecule has 0 bridgehead atoms. The third-order valence-electron chi connectivity index (χ3n) is 2.97. The molecule has 0 amide bonds. The fraction of sp³-hybridized carbons (Fsp3) is 0.143. The molecule has 0 fully saturated rings. The fourth-order valence-corrected chi connectivity index (χ4v) is 2.41. The van der Waals surface area contributed by atoms with Crippen LogP contribution in [0.1, 0.15) is 18.0 Å². The molecular weight excluding hydrogens is 326 g/mol. The summed E-state index contributed by atoms with van der Waals surface area (Å²) in [5.74, 6) is 0. The highest BCUT2D eigenvalue weighted by atomic mass is 79.9. The molecule has 0 aliphatic carbocycles. The number of hydrogen-bond acceptors (Lipinski definition) is 2. The highest BCUT2D eigenvalue weighted by Gasteiger charge is 2.08. The molecule has 0 spiro atoms. The predicted octanol–water partition coefficient (Wildman–Crippen LogP) is 4.48. The Morgan fingerprint density at radius 1 is 1.16 bits per heavy atom. The van der Waals surface area contributed by atoms with Crippen molar-refractivity contribution in [2.45, 2.75) is 12.3 Å². The first-order valence-electron chi connectivity index (χ1n) is 5.89. The summed E-state index contributed by atoms with van der Waals surface area (Å²) in [6.45, 7) is 1.88. The van der Waals surface area contributed by atoms with E-state index in [1.54, 1.807) is 4.68 Å². The number of benzene rings is 2. The van der Waals surface area contributed by atoms with Crippen LogP contribution < -0.4 is 0 Å². The normalized spacial score (nSPS) is 12.8. The molecule has 3 nitrogen and oxygen atoms in total. The van der Waals surface area contributed by atoms with E-state index in [0.29, 0.717) is 0 Å². The standard InChI is InChI=1S/C14H11BrClN3/c1-9(16)14-8-19(18-17-14)13-5-3-10-6-12(15)4-2-11(10)7-13/h2-9H,1H3. The van der Waals surface area contributed by atoms with Gasteiger partial charge in [-0.15, -0.1) is 16.7 Å². The molecule has 19 heavy (non-hydrogen) atoms. The van der Waals surface area contributed by atoms with E-state index in [0.717, 1.165) is 21.2 Å². The van der Waals surface area contributed by atoms with Crippen molar-refractivity contribution in [2.75, 3.05) is 0 Å². The first kappa shape index (κ1) is 12.6. The zero-order valence-electron chi connectivity index (χ0n) is 10.2. The Morgan fingerprint density at radius 3 is 2.63 bits per heavy atom. The molecule has 1 unspecified atom stereocenters. The Kier molecular flexibility index (Phi) is 3.29. The molecule has 0 saturated carbocycles. The Balaban J connectivity index is 2.07. The predicted molar refractivity (Wildman–Crippen MR) is 80.8 cm³/mol. The van der Waals surface area contributed by atoms with Gasteiger partial charge in [0.05, 0.1) is 17.3 Å². The topological polar surface area (TPSA) is 30.7 Å². The Labute approximate surface area is 124 Å². The summed E-state index contributed by atoms with van der Waals surface area (Å²) >= 11 is 9.47. The summed E-state index contributed by atoms with van der Waals surface area (Å²) in [4.78, 5) is 0. The van der Waals surface area contributed by atoms with Gasteiger partial charge in [0.25, 0.3) is 0 Å². The van der Waals surface area contributed by atoms with Crippen LogP contribution in [0.5, 0.6) is 0 Å². The Hall–Kier alpha value is -1.39. The van der Waals surface area contributed by atoms with E-state index in [9.17, 15) is 0 Å². The molecule has 1 aromatic heterocycles. The van der Waals surface area contributed by atoms with Crippen LogP contribution in [0.25, 0.3) is 16.5 Å². The summed E-state index contributed by atoms with van der Waals surface area (Å²) in [6.07, 6.45) is 1.86. The van der Waals surface area contributed by atoms with E-state index in [1.807, 2.05) is 25.3 Å². The van der Waals surface area contributed by atoms with Crippen molar-refractivity contribution in [3.05, 3.63) is 52.8 Å². The van der Waals surface area contributed by atoms with Gasteiger partial charge in [-0.3, -0.25) is 0 Å². The average Bonchev–Trinajstić information content (AvgIpc) is 2.88. The number of rotatable bonds is 2. The zero-order chi connectivity index (χ0) is 13.4. The highest BCUT2D eigenvalue weighted by molar-refractivity contribution is 9.10. The lowest BCUT2D eigenvalue weighted by Gasteiger charge is -2.03. The van der Waals surface area contributed by atoms with Gasteiger partial charge in [0, 0.05) is 4.47 Å². The summed E-state index contributed by atoms with van der Waals surface area (Å²) in [6, 6.07) is 12.4. The maximum atomic E-state index is 6.00. The van der Waals surface area contributed by atoms with Gasteiger partial charge in [-0.25, -0.2) is 4.68 Å². The first-order chi connectivity index (χ1) is 9.13. The monoisotopic (exact) mass is 335 g/mol. The molecule has 1 heterocycles. The summed E-state index contributed by atoms with van der Waals surface area (Å²) < 4.78 is 2.82. The number of halogens is 2. The van der Waals surface area contributed by atoms with Crippen LogP contribution in [0.3, 0.4) is 0 Å². The van der Waals surface area contributed by atoms with E-state index in [-0.39, 0.29) is 5.38 Å². The smallest absolute Gasteiger partial charge is 0.101 e. The van der Waals surface area contributed by atoms with Crippen molar-refractivity contribution in [3.63, 3.8) is 0 Å². The van der Waals surface area contributed by atoms with Crippen LogP contribution in [0.2, 0.25) is 0 Å². The molecule has 0 aliphatic rings. The molecule has 0 aliphatic heterocycles. The summed E-state index contributed by atoms with van der Waals surface area (Å²) in [5, 5.41) is 10.4. The molecule has 5 heteroatoms. The van der Waals surface area contributed by atoms with Crippen LogP contribution in [0.4, 0.5) is 0 Å². The fourth-order valence-electron chi connectivity index (χ4n) is 1.93. The molecular formula is C14H11BrClN3. The largest absolute Gasteiger partial charge is 0.220 e. The number of fused-ring (bicyclic) bond motifs is 1. The lowest BCUT2D eigenvalue weighted by molar-refractivity contribution is 0.797. The van der Waals surface area contributed by atoms with Crippen LogP contribution in [0.15, 0.2) is 47.1 Å². The molecule has 2 aromatic carbocycles. The Morgan fingerprint density at radius 2 is 1.89 bits per heavy atom. The molecule has 0 radical (unpaired) electrons. The van der Waals surface area contributed by atoms with E-state index in [4.69, 9.17) is 11.6 Å². The maximum Gasteiger partial charge on any atom is 0.101 e. The van der Waals surface area contributed by atoms with Crippen molar-refractivity contribution in [2.24, 2.45) is 0 Å². The van der Waals surface area contributed by atoms with Gasteiger partial charge >= 0.3 is 0 Å². The second kappa shape index (κ2) is 4.94. The minimum Gasteiger partial charge on any atom is -0.220 e. The van der Waals surface area contributed by atoms with E-state index >= 15 is 0 Å². The molecule has 0 N–H and O–H groups in total. The summed E-state index contributed by atoms with van der Waals surface area (Å²) in [5.41, 5.74) is 1.75. The Bertz CT molecular complexity index is 736. The third kappa shape index (κ3) is 2.51. The molecule has 3 rings (SSSR count). The van der Waals surface area contributed by atoms with Crippen LogP contribution in [0, 0.1) is 0 Å². The van der Waals surface area contributed by atoms with E-state index in [1.165, 1.54) is 5.39 Å². The van der Waals surface area contributed by atoms with Gasteiger partial charge < -0.3 is 0 Å². The number of aromatic nitrogens is 3. The number of alkyl halides is 1. The SMILES string of the molecule is CC(Cl)c1cn(-c2ccc3cc(Br)ccc3c2)nn1. The van der Waals surface area contributed by atoms with Gasteiger partial charge in [0.15, 0.2) is 0 Å². The van der Waals surface area contributed by atoms with Crippen molar-refractivity contribution in [3.8, 4) is 5.69 Å². The van der Waals surface area contributed by atoms with Crippen molar-refractivity contribution >= 4 is 38.3 Å². The third-order valence-corrected chi connectivity index (χ3v) is 3.69. The minimum atomic E-state index is -0.134. The average molecular weight is 337 g/mol. The van der Waals surface area contributed by atoms with Crippen LogP contribution in [-0.4, -0.2) is 15.0 Å². The van der Waals surface area contributed by atoms with E-state index < -0.39 is 0 Å². The van der Waals surface area contributed by atoms with E-state index in [2.05, 4.69) is 50.5 Å². The van der Waals surface area contributed by atoms with Gasteiger partial charge in [-0.1, -0.05) is 33.3 Å². The van der Waals surface area contributed by atoms with Crippen LogP contribution in [-0.2, 0) is 0 Å². The number of nitrogens with zero attached hydrogens (tertiary/aromatic N) is 3. The molecule has 1 atom stereocenters. The van der Waals surface area contributed by atoms with Crippen molar-refractivity contribution in [1.82, 2.24) is 15.0 Å². The van der Waals surface area contributed by atoms with Gasteiger partial charge in [-0.05, 0) is 42.0 Å². The second-order valence-corrected chi connectivity index (χ2v) is 5.95. The number of hydrogen-bond donors (Lipinski definition) is 0. The lowest BCUT2D eigenvalue weighted by atomic mass is 10.1. The van der Waals surface area contributed by atoms with Gasteiger partial charge in [0.1, 0.15) is 5.69 Å². The second-order valence-electron chi connectivity index (χ2n) is 4.38. The highest BCUT2D eigenvalue weighted by Crippen LogP contribution is 2.23. The van der Waals surface area contributed by atoms with Gasteiger partial charge in [0.2, 0.25) is 0 Å². The maximum absolute atomic E-state index is 6.00. The molecule has 0 saturated heterocycles.